The monoisotopic (exact) mass is 355 g/mol. The van der Waals surface area contributed by atoms with Gasteiger partial charge in [-0.25, -0.2) is 4.98 Å². The molecule has 1 aliphatic heterocycles. The molecule has 0 aliphatic carbocycles. The summed E-state index contributed by atoms with van der Waals surface area (Å²) >= 11 is 1.74. The van der Waals surface area contributed by atoms with Gasteiger partial charge in [-0.05, 0) is 35.4 Å². The Labute approximate surface area is 156 Å². The molecule has 2 heterocycles. The van der Waals surface area contributed by atoms with Crippen molar-refractivity contribution < 1.29 is 0 Å². The predicted octanol–water partition coefficient (Wildman–Crippen LogP) is 2.56. The molecule has 0 saturated carbocycles. The van der Waals surface area contributed by atoms with Crippen LogP contribution in [0, 0.1) is 11.3 Å². The largest absolute Gasteiger partial charge is 0.306 e. The minimum absolute atomic E-state index is 0.108. The lowest BCUT2D eigenvalue weighted by Crippen LogP contribution is -2.21. The number of H-pyrrole nitrogens is 1. The lowest BCUT2D eigenvalue weighted by molar-refractivity contribution is 0.938. The first-order valence-electron chi connectivity index (χ1n) is 8.26. The summed E-state index contributed by atoms with van der Waals surface area (Å²) in [6.45, 7) is 0. The first kappa shape index (κ1) is 16.7. The average Bonchev–Trinajstić information content (AvgIpc) is 2.68. The highest BCUT2D eigenvalue weighted by Crippen LogP contribution is 2.28. The summed E-state index contributed by atoms with van der Waals surface area (Å²) in [6, 6.07) is 15.3. The van der Waals surface area contributed by atoms with E-state index >= 15 is 0 Å². The van der Waals surface area contributed by atoms with Gasteiger partial charge in [0, 0.05) is 16.9 Å². The molecule has 0 fully saturated rings. The summed E-state index contributed by atoms with van der Waals surface area (Å²) in [4.78, 5) is 19.9. The first-order valence-corrected chi connectivity index (χ1v) is 9.41. The second-order valence-electron chi connectivity index (χ2n) is 6.14. The third kappa shape index (κ3) is 3.06. The molecular formula is C20H14BN3OS. The van der Waals surface area contributed by atoms with Gasteiger partial charge >= 0.3 is 0 Å². The Kier molecular flexibility index (Phi) is 4.40. The van der Waals surface area contributed by atoms with Gasteiger partial charge in [0.25, 0.3) is 5.56 Å². The van der Waals surface area contributed by atoms with Crippen molar-refractivity contribution >= 4 is 25.1 Å². The zero-order chi connectivity index (χ0) is 18.1. The van der Waals surface area contributed by atoms with Crippen molar-refractivity contribution in [2.24, 2.45) is 0 Å². The van der Waals surface area contributed by atoms with E-state index in [1.165, 1.54) is 0 Å². The molecule has 1 aliphatic rings. The number of aromatic amines is 1. The molecule has 6 heteroatoms. The molecule has 0 atom stereocenters. The van der Waals surface area contributed by atoms with E-state index in [-0.39, 0.29) is 5.56 Å². The zero-order valence-electron chi connectivity index (χ0n) is 14.0. The van der Waals surface area contributed by atoms with Crippen LogP contribution in [0.3, 0.4) is 0 Å². The number of nitrogens with one attached hydrogen (secondary N) is 1. The molecule has 1 aromatic heterocycles. The molecule has 4 rings (SSSR count). The van der Waals surface area contributed by atoms with Gasteiger partial charge in [-0.3, -0.25) is 4.79 Å². The number of rotatable bonds is 2. The van der Waals surface area contributed by atoms with Crippen LogP contribution >= 0.6 is 11.8 Å². The van der Waals surface area contributed by atoms with Gasteiger partial charge in [0.1, 0.15) is 13.7 Å². The van der Waals surface area contributed by atoms with Gasteiger partial charge in [0.05, 0.1) is 17.3 Å². The van der Waals surface area contributed by atoms with Gasteiger partial charge in [0.15, 0.2) is 0 Å². The molecule has 0 spiro atoms. The predicted molar refractivity (Wildman–Crippen MR) is 106 cm³/mol. The molecule has 0 saturated heterocycles. The fourth-order valence-corrected chi connectivity index (χ4v) is 4.05. The van der Waals surface area contributed by atoms with Crippen molar-refractivity contribution in [3.8, 4) is 28.6 Å². The Hall–Kier alpha value is -2.78. The van der Waals surface area contributed by atoms with Crippen molar-refractivity contribution in [1.29, 1.82) is 5.26 Å². The maximum atomic E-state index is 12.4. The number of nitriles is 1. The number of fused-ring (bicyclic) bond motifs is 1. The maximum absolute atomic E-state index is 12.4. The standard InChI is InChI=1S/C20H14BN3OS/c21-15-4-1-12(2-5-15)13-3-6-16(14(9-13)10-22)19-23-18-7-8-26-11-17(18)20(25)24-19/h1-6,9H,7-8,11H2,(H,23,24,25). The van der Waals surface area contributed by atoms with Crippen LogP contribution < -0.4 is 11.0 Å². The molecule has 2 radical (unpaired) electrons. The highest BCUT2D eigenvalue weighted by atomic mass is 32.2. The highest BCUT2D eigenvalue weighted by molar-refractivity contribution is 7.98. The molecule has 124 valence electrons. The molecule has 26 heavy (non-hydrogen) atoms. The Morgan fingerprint density at radius 3 is 2.69 bits per heavy atom. The maximum Gasteiger partial charge on any atom is 0.255 e. The van der Waals surface area contributed by atoms with Crippen molar-refractivity contribution in [3.63, 3.8) is 0 Å². The van der Waals surface area contributed by atoms with E-state index in [0.717, 1.165) is 34.6 Å². The van der Waals surface area contributed by atoms with Crippen LogP contribution in [0.15, 0.2) is 47.3 Å². The average molecular weight is 355 g/mol. The van der Waals surface area contributed by atoms with E-state index in [1.54, 1.807) is 11.8 Å². The summed E-state index contributed by atoms with van der Waals surface area (Å²) in [6.07, 6.45) is 0.780. The van der Waals surface area contributed by atoms with Crippen LogP contribution in [-0.2, 0) is 12.2 Å². The van der Waals surface area contributed by atoms with E-state index in [9.17, 15) is 10.1 Å². The SMILES string of the molecule is [B]c1ccc(-c2ccc(-c3nc4c(c(=O)[nH]3)CSCC4)c(C#N)c2)cc1. The summed E-state index contributed by atoms with van der Waals surface area (Å²) in [5, 5.41) is 9.61. The van der Waals surface area contributed by atoms with Gasteiger partial charge in [0.2, 0.25) is 0 Å². The minimum atomic E-state index is -0.108. The van der Waals surface area contributed by atoms with Gasteiger partial charge in [-0.1, -0.05) is 35.8 Å². The van der Waals surface area contributed by atoms with E-state index in [4.69, 9.17) is 7.85 Å². The van der Waals surface area contributed by atoms with Gasteiger partial charge in [-0.2, -0.15) is 17.0 Å². The number of hydrogen-bond acceptors (Lipinski definition) is 4. The van der Waals surface area contributed by atoms with Crippen molar-refractivity contribution in [2.45, 2.75) is 12.2 Å². The Morgan fingerprint density at radius 2 is 1.92 bits per heavy atom. The van der Waals surface area contributed by atoms with E-state index in [1.807, 2.05) is 42.5 Å². The number of nitrogens with zero attached hydrogens (tertiary/aromatic N) is 2. The normalized spacial score (nSPS) is 13.0. The Bertz CT molecular complexity index is 1080. The third-order valence-corrected chi connectivity index (χ3v) is 5.46. The number of aryl methyl sites for hydroxylation is 1. The molecule has 0 unspecified atom stereocenters. The molecular weight excluding hydrogens is 341 g/mol. The van der Waals surface area contributed by atoms with E-state index in [0.29, 0.717) is 28.2 Å². The second-order valence-corrected chi connectivity index (χ2v) is 7.24. The minimum Gasteiger partial charge on any atom is -0.306 e. The number of benzene rings is 2. The van der Waals surface area contributed by atoms with Crippen LogP contribution in [0.25, 0.3) is 22.5 Å². The number of thioether (sulfide) groups is 1. The summed E-state index contributed by atoms with van der Waals surface area (Å²) in [7, 11) is 5.73. The second kappa shape index (κ2) is 6.85. The Balaban J connectivity index is 1.80. The molecule has 0 bridgehead atoms. The summed E-state index contributed by atoms with van der Waals surface area (Å²) in [5.74, 6) is 2.12. The molecule has 4 nitrogen and oxygen atoms in total. The van der Waals surface area contributed by atoms with Crippen molar-refractivity contribution in [2.75, 3.05) is 5.75 Å². The van der Waals surface area contributed by atoms with Crippen LogP contribution in [0.1, 0.15) is 16.8 Å². The van der Waals surface area contributed by atoms with Crippen LogP contribution in [-0.4, -0.2) is 23.6 Å². The highest BCUT2D eigenvalue weighted by Gasteiger charge is 2.18. The number of aromatic nitrogens is 2. The zero-order valence-corrected chi connectivity index (χ0v) is 14.8. The van der Waals surface area contributed by atoms with Gasteiger partial charge in [-0.15, -0.1) is 0 Å². The quantitative estimate of drug-likeness (QED) is 0.718. The topological polar surface area (TPSA) is 69.5 Å². The lowest BCUT2D eigenvalue weighted by atomic mass is 9.93. The van der Waals surface area contributed by atoms with Crippen LogP contribution in [0.4, 0.5) is 0 Å². The van der Waals surface area contributed by atoms with E-state index < -0.39 is 0 Å². The van der Waals surface area contributed by atoms with Crippen molar-refractivity contribution in [3.05, 3.63) is 69.6 Å². The molecule has 2 aromatic carbocycles. The Morgan fingerprint density at radius 1 is 1.15 bits per heavy atom. The van der Waals surface area contributed by atoms with Crippen molar-refractivity contribution in [1.82, 2.24) is 9.97 Å². The first-order chi connectivity index (χ1) is 12.7. The molecule has 0 amide bonds. The fourth-order valence-electron chi connectivity index (χ4n) is 3.07. The molecule has 3 aromatic rings. The summed E-state index contributed by atoms with van der Waals surface area (Å²) in [5.41, 5.74) is 5.20. The van der Waals surface area contributed by atoms with Crippen LogP contribution in [0.2, 0.25) is 0 Å². The van der Waals surface area contributed by atoms with Crippen LogP contribution in [0.5, 0.6) is 0 Å². The third-order valence-electron chi connectivity index (χ3n) is 4.47. The van der Waals surface area contributed by atoms with Gasteiger partial charge < -0.3 is 4.98 Å². The lowest BCUT2D eigenvalue weighted by Gasteiger charge is -2.15. The molecule has 1 N–H and O–H groups in total. The smallest absolute Gasteiger partial charge is 0.255 e. The number of hydrogen-bond donors (Lipinski definition) is 1. The fraction of sp³-hybridized carbons (Fsp3) is 0.150. The van der Waals surface area contributed by atoms with E-state index in [2.05, 4.69) is 16.0 Å². The summed E-state index contributed by atoms with van der Waals surface area (Å²) < 4.78 is 0.